The van der Waals surface area contributed by atoms with Gasteiger partial charge in [-0.2, -0.15) is 0 Å². The lowest BCUT2D eigenvalue weighted by molar-refractivity contribution is 0.0991. The zero-order valence-corrected chi connectivity index (χ0v) is 5.07. The molecule has 1 heterocycles. The Bertz CT molecular complexity index is 260. The second-order valence-electron chi connectivity index (χ2n) is 1.71. The molecular weight excluding hydrogens is 132 g/mol. The minimum Gasteiger partial charge on any atom is -0.364 e. The van der Waals surface area contributed by atoms with Gasteiger partial charge in [0, 0.05) is 6.20 Å². The van der Waals surface area contributed by atoms with Crippen LogP contribution in [0, 0.1) is 0 Å². The van der Waals surface area contributed by atoms with Gasteiger partial charge in [-0.25, -0.2) is 4.98 Å². The molecule has 0 fully saturated rings. The molecule has 1 rings (SSSR count). The van der Waals surface area contributed by atoms with Crippen LogP contribution in [-0.4, -0.2) is 10.9 Å². The second-order valence-corrected chi connectivity index (χ2v) is 1.71. The van der Waals surface area contributed by atoms with Gasteiger partial charge in [0.25, 0.3) is 5.91 Å². The van der Waals surface area contributed by atoms with E-state index in [4.69, 9.17) is 5.73 Å². The lowest BCUT2D eigenvalue weighted by atomic mass is 10.3. The molecule has 0 unspecified atom stereocenters. The van der Waals surface area contributed by atoms with Crippen LogP contribution in [-0.2, 0) is 5.11 Å². The molecule has 1 aromatic heterocycles. The van der Waals surface area contributed by atoms with Crippen molar-refractivity contribution in [2.75, 3.05) is 0 Å². The number of carbonyl (C=O) groups is 1. The summed E-state index contributed by atoms with van der Waals surface area (Å²) < 4.78 is 0. The highest BCUT2D eigenvalue weighted by molar-refractivity contribution is 5.93. The topological polar surface area (TPSA) is 75.9 Å². The highest BCUT2D eigenvalue weighted by Crippen LogP contribution is 2.11. The summed E-state index contributed by atoms with van der Waals surface area (Å²) >= 11 is 0. The highest BCUT2D eigenvalue weighted by Gasteiger charge is 2.07. The Morgan fingerprint density at radius 3 is 2.70 bits per heavy atom. The first-order valence-corrected chi connectivity index (χ1v) is 2.63. The van der Waals surface area contributed by atoms with Gasteiger partial charge in [0.2, 0.25) is 5.75 Å². The molecule has 1 radical (unpaired) electrons. The number of hydrogen-bond acceptors (Lipinski definition) is 2. The Kier molecular flexibility index (Phi) is 1.53. The molecule has 0 saturated carbocycles. The summed E-state index contributed by atoms with van der Waals surface area (Å²) in [4.78, 5) is 13.9. The van der Waals surface area contributed by atoms with Crippen molar-refractivity contribution in [3.8, 4) is 5.75 Å². The fourth-order valence-corrected chi connectivity index (χ4v) is 0.576. The summed E-state index contributed by atoms with van der Waals surface area (Å²) in [5, 5.41) is 10.7. The molecule has 2 N–H and O–H groups in total. The first kappa shape index (κ1) is 6.54. The van der Waals surface area contributed by atoms with Crippen LogP contribution in [0.25, 0.3) is 0 Å². The smallest absolute Gasteiger partial charge is 0.271 e. The Morgan fingerprint density at radius 2 is 2.30 bits per heavy atom. The monoisotopic (exact) mass is 137 g/mol. The zero-order valence-electron chi connectivity index (χ0n) is 5.07. The molecule has 1 amide bonds. The standard InChI is InChI=1S/C6H5N2O2/c7-6(10)5-4(9)2-1-3-8-5/h1-3H,(H2,7,10). The van der Waals surface area contributed by atoms with E-state index >= 15 is 0 Å². The Balaban J connectivity index is 3.15. The molecule has 0 spiro atoms. The summed E-state index contributed by atoms with van der Waals surface area (Å²) in [6.07, 6.45) is 1.35. The van der Waals surface area contributed by atoms with Crippen molar-refractivity contribution in [2.45, 2.75) is 0 Å². The molecule has 4 heteroatoms. The van der Waals surface area contributed by atoms with Crippen LogP contribution in [0.2, 0.25) is 0 Å². The van der Waals surface area contributed by atoms with E-state index in [1.807, 2.05) is 0 Å². The van der Waals surface area contributed by atoms with E-state index in [-0.39, 0.29) is 5.69 Å². The molecule has 0 saturated heterocycles. The number of pyridine rings is 1. The molecule has 10 heavy (non-hydrogen) atoms. The largest absolute Gasteiger partial charge is 0.364 e. The normalized spacial score (nSPS) is 9.20. The van der Waals surface area contributed by atoms with Gasteiger partial charge in [0.15, 0.2) is 5.69 Å². The maximum absolute atomic E-state index is 10.7. The highest BCUT2D eigenvalue weighted by atomic mass is 16.3. The van der Waals surface area contributed by atoms with Crippen molar-refractivity contribution < 1.29 is 9.90 Å². The van der Waals surface area contributed by atoms with Crippen LogP contribution in [0.1, 0.15) is 10.5 Å². The third-order valence-electron chi connectivity index (χ3n) is 1.00. The first-order chi connectivity index (χ1) is 4.72. The van der Waals surface area contributed by atoms with Gasteiger partial charge in [-0.05, 0) is 12.1 Å². The summed E-state index contributed by atoms with van der Waals surface area (Å²) in [5.41, 5.74) is 4.61. The fourth-order valence-electron chi connectivity index (χ4n) is 0.576. The SMILES string of the molecule is NC(=O)c1ncccc1[O]. The Morgan fingerprint density at radius 1 is 1.60 bits per heavy atom. The van der Waals surface area contributed by atoms with Gasteiger partial charge in [-0.3, -0.25) is 9.90 Å². The van der Waals surface area contributed by atoms with Crippen molar-refractivity contribution in [1.29, 1.82) is 0 Å². The lowest BCUT2D eigenvalue weighted by Crippen LogP contribution is -2.12. The van der Waals surface area contributed by atoms with E-state index in [1.165, 1.54) is 18.3 Å². The number of primary amides is 1. The summed E-state index contributed by atoms with van der Waals surface area (Å²) in [6, 6.07) is 2.70. The maximum atomic E-state index is 10.7. The molecule has 0 aliphatic heterocycles. The average Bonchev–Trinajstić information content (AvgIpc) is 1.88. The van der Waals surface area contributed by atoms with E-state index in [0.29, 0.717) is 0 Å². The minimum atomic E-state index is -0.786. The summed E-state index contributed by atoms with van der Waals surface area (Å²) in [5.74, 6) is -1.22. The molecule has 0 bridgehead atoms. The van der Waals surface area contributed by atoms with Crippen molar-refractivity contribution in [3.05, 3.63) is 24.0 Å². The fraction of sp³-hybridized carbons (Fsp3) is 0. The molecule has 0 aromatic carbocycles. The van der Waals surface area contributed by atoms with Crippen LogP contribution in [0.15, 0.2) is 18.3 Å². The predicted molar refractivity (Wildman–Crippen MR) is 32.9 cm³/mol. The maximum Gasteiger partial charge on any atom is 0.271 e. The lowest BCUT2D eigenvalue weighted by Gasteiger charge is -1.92. The van der Waals surface area contributed by atoms with Crippen LogP contribution >= 0.6 is 0 Å². The molecular formula is C6H5N2O2. The number of aromatic nitrogens is 1. The van der Waals surface area contributed by atoms with Crippen LogP contribution in [0.4, 0.5) is 0 Å². The Hall–Kier alpha value is -1.58. The second kappa shape index (κ2) is 2.34. The van der Waals surface area contributed by atoms with E-state index in [0.717, 1.165) is 0 Å². The molecule has 4 nitrogen and oxygen atoms in total. The summed E-state index contributed by atoms with van der Waals surface area (Å²) in [6.45, 7) is 0. The van der Waals surface area contributed by atoms with Gasteiger partial charge in [-0.15, -0.1) is 0 Å². The summed E-state index contributed by atoms with van der Waals surface area (Å²) in [7, 11) is 0. The van der Waals surface area contributed by atoms with Crippen molar-refractivity contribution >= 4 is 5.91 Å². The van der Waals surface area contributed by atoms with Crippen LogP contribution in [0.3, 0.4) is 0 Å². The number of hydrogen-bond donors (Lipinski definition) is 1. The number of nitrogens with zero attached hydrogens (tertiary/aromatic N) is 1. The molecule has 51 valence electrons. The van der Waals surface area contributed by atoms with E-state index in [1.54, 1.807) is 0 Å². The van der Waals surface area contributed by atoms with Gasteiger partial charge >= 0.3 is 0 Å². The number of amides is 1. The van der Waals surface area contributed by atoms with Crippen molar-refractivity contribution in [1.82, 2.24) is 4.98 Å². The molecule has 0 aliphatic rings. The van der Waals surface area contributed by atoms with Crippen LogP contribution in [0.5, 0.6) is 5.75 Å². The number of nitrogens with two attached hydrogens (primary N) is 1. The van der Waals surface area contributed by atoms with Crippen LogP contribution < -0.4 is 5.73 Å². The Labute approximate surface area is 57.3 Å². The van der Waals surface area contributed by atoms with Crippen molar-refractivity contribution in [3.63, 3.8) is 0 Å². The van der Waals surface area contributed by atoms with E-state index in [9.17, 15) is 9.90 Å². The number of rotatable bonds is 1. The van der Waals surface area contributed by atoms with Gasteiger partial charge < -0.3 is 5.73 Å². The number of carbonyl (C=O) groups excluding carboxylic acids is 1. The average molecular weight is 137 g/mol. The molecule has 0 aliphatic carbocycles. The van der Waals surface area contributed by atoms with E-state index < -0.39 is 11.7 Å². The van der Waals surface area contributed by atoms with Gasteiger partial charge in [0.05, 0.1) is 0 Å². The molecule has 1 aromatic rings. The zero-order chi connectivity index (χ0) is 7.56. The third kappa shape index (κ3) is 1.05. The minimum absolute atomic E-state index is 0.206. The van der Waals surface area contributed by atoms with Gasteiger partial charge in [0.1, 0.15) is 0 Å². The predicted octanol–water partition coefficient (Wildman–Crippen LogP) is 0.324. The van der Waals surface area contributed by atoms with Gasteiger partial charge in [-0.1, -0.05) is 0 Å². The van der Waals surface area contributed by atoms with Crippen molar-refractivity contribution in [2.24, 2.45) is 5.73 Å². The van der Waals surface area contributed by atoms with E-state index in [2.05, 4.69) is 4.98 Å². The third-order valence-corrected chi connectivity index (χ3v) is 1.00. The molecule has 0 atom stereocenters. The first-order valence-electron chi connectivity index (χ1n) is 2.63. The quantitative estimate of drug-likeness (QED) is 0.605.